The number of hydrogen-bond acceptors (Lipinski definition) is 6. The second kappa shape index (κ2) is 11.7. The van der Waals surface area contributed by atoms with Crippen LogP contribution in [0, 0.1) is 28.6 Å². The largest absolute Gasteiger partial charge is 0.497 e. The number of ether oxygens (including phenoxy) is 2. The Hall–Kier alpha value is -4.95. The van der Waals surface area contributed by atoms with Gasteiger partial charge in [0.2, 0.25) is 0 Å². The van der Waals surface area contributed by atoms with E-state index in [-0.39, 0.29) is 6.61 Å². The number of nitrogens with one attached hydrogen (secondary N) is 1. The molecule has 184 valence electrons. The minimum absolute atomic E-state index is 0.0348. The fraction of sp³-hybridized carbons (Fsp3) is 0.207. The third kappa shape index (κ3) is 6.19. The second-order valence-electron chi connectivity index (χ2n) is 8.52. The fourth-order valence-corrected chi connectivity index (χ4v) is 4.28. The summed E-state index contributed by atoms with van der Waals surface area (Å²) in [6.07, 6.45) is 0.876. The summed E-state index contributed by atoms with van der Waals surface area (Å²) in [4.78, 5) is 30.2. The summed E-state index contributed by atoms with van der Waals surface area (Å²) < 4.78 is 11.0. The summed E-state index contributed by atoms with van der Waals surface area (Å²) in [7, 11) is 1.59. The van der Waals surface area contributed by atoms with Crippen LogP contribution in [0.5, 0.6) is 5.75 Å². The van der Waals surface area contributed by atoms with Crippen LogP contribution in [-0.2, 0) is 22.6 Å². The van der Waals surface area contributed by atoms with Gasteiger partial charge in [-0.25, -0.2) is 9.79 Å². The third-order valence-corrected chi connectivity index (χ3v) is 6.09. The highest BCUT2D eigenvalue weighted by Gasteiger charge is 2.39. The molecule has 1 aliphatic rings. The molecule has 2 amide bonds. The third-order valence-electron chi connectivity index (χ3n) is 6.09. The quantitative estimate of drug-likeness (QED) is 0.457. The number of carbonyl (C=O) groups excluding carboxylic acids is 2. The van der Waals surface area contributed by atoms with Crippen LogP contribution in [0.3, 0.4) is 0 Å². The minimum atomic E-state index is -0.892. The minimum Gasteiger partial charge on any atom is -0.497 e. The summed E-state index contributed by atoms with van der Waals surface area (Å²) in [6.45, 7) is -0.0348. The van der Waals surface area contributed by atoms with E-state index in [9.17, 15) is 14.9 Å². The molecule has 2 unspecified atom stereocenters. The van der Waals surface area contributed by atoms with Crippen LogP contribution in [0.2, 0.25) is 0 Å². The average molecular weight is 493 g/mol. The Labute approximate surface area is 214 Å². The van der Waals surface area contributed by atoms with E-state index in [0.717, 1.165) is 5.56 Å². The first-order valence-corrected chi connectivity index (χ1v) is 11.7. The van der Waals surface area contributed by atoms with Gasteiger partial charge < -0.3 is 14.8 Å². The van der Waals surface area contributed by atoms with Crippen LogP contribution >= 0.6 is 0 Å². The van der Waals surface area contributed by atoms with E-state index in [1.165, 1.54) is 0 Å². The number of aliphatic imine (C=N–C) groups is 1. The lowest BCUT2D eigenvalue weighted by molar-refractivity contribution is -0.148. The average Bonchev–Trinajstić information content (AvgIpc) is 2.94. The topological polar surface area (TPSA) is 125 Å². The maximum atomic E-state index is 13.5. The SMILES string of the molecule is COc1cccc(CCC2=NC(=O)NC(c3cccc(C#N)c3)C2C(=O)OCc2cccc(C#N)c2)c1. The van der Waals surface area contributed by atoms with Crippen LogP contribution in [0.15, 0.2) is 77.8 Å². The van der Waals surface area contributed by atoms with Crippen molar-refractivity contribution in [3.05, 3.63) is 101 Å². The van der Waals surface area contributed by atoms with Gasteiger partial charge in [-0.2, -0.15) is 10.5 Å². The van der Waals surface area contributed by atoms with Crippen LogP contribution in [0.1, 0.15) is 40.3 Å². The molecule has 1 heterocycles. The van der Waals surface area contributed by atoms with Crippen molar-refractivity contribution in [1.29, 1.82) is 10.5 Å². The van der Waals surface area contributed by atoms with Gasteiger partial charge in [0.1, 0.15) is 18.3 Å². The van der Waals surface area contributed by atoms with Crippen LogP contribution < -0.4 is 10.1 Å². The molecular weight excluding hydrogens is 468 g/mol. The predicted octanol–water partition coefficient (Wildman–Crippen LogP) is 4.64. The summed E-state index contributed by atoms with van der Waals surface area (Å²) in [5.41, 5.74) is 3.52. The van der Waals surface area contributed by atoms with Crippen molar-refractivity contribution in [1.82, 2.24) is 5.32 Å². The molecule has 2 atom stereocenters. The molecular formula is C29H24N4O4. The molecule has 3 aromatic carbocycles. The highest BCUT2D eigenvalue weighted by atomic mass is 16.5. The number of benzene rings is 3. The summed E-state index contributed by atoms with van der Waals surface area (Å²) >= 11 is 0. The number of amides is 2. The maximum Gasteiger partial charge on any atom is 0.341 e. The Morgan fingerprint density at radius 2 is 1.65 bits per heavy atom. The van der Waals surface area contributed by atoms with Gasteiger partial charge in [0, 0.05) is 5.71 Å². The van der Waals surface area contributed by atoms with Gasteiger partial charge in [-0.1, -0.05) is 36.4 Å². The number of carbonyl (C=O) groups is 2. The van der Waals surface area contributed by atoms with E-state index in [4.69, 9.17) is 14.7 Å². The Morgan fingerprint density at radius 3 is 2.41 bits per heavy atom. The zero-order chi connectivity index (χ0) is 26.2. The van der Waals surface area contributed by atoms with Crippen LogP contribution in [0.25, 0.3) is 0 Å². The molecule has 0 aromatic heterocycles. The molecule has 1 N–H and O–H groups in total. The molecule has 0 saturated heterocycles. The number of methoxy groups -OCH3 is 1. The molecule has 0 bridgehead atoms. The molecule has 0 spiro atoms. The van der Waals surface area contributed by atoms with Crippen LogP contribution in [-0.4, -0.2) is 24.8 Å². The normalized spacial score (nSPS) is 16.5. The number of aryl methyl sites for hydroxylation is 1. The molecule has 0 radical (unpaired) electrons. The number of urea groups is 1. The standard InChI is InChI=1S/C29H24N4O4/c1-36-24-10-4-5-19(15-24)11-12-25-26(28(34)37-18-22-8-2-6-20(13-22)16-30)27(33-29(35)32-25)23-9-3-7-21(14-23)17-31/h2-10,13-15,26-27H,11-12,18H2,1H3,(H,33,35). The fourth-order valence-electron chi connectivity index (χ4n) is 4.28. The van der Waals surface area contributed by atoms with E-state index in [0.29, 0.717) is 46.6 Å². The molecule has 0 saturated carbocycles. The molecule has 4 rings (SSSR count). The zero-order valence-corrected chi connectivity index (χ0v) is 20.2. The first-order valence-electron chi connectivity index (χ1n) is 11.7. The van der Waals surface area contributed by atoms with Gasteiger partial charge >= 0.3 is 12.0 Å². The first kappa shape index (κ1) is 25.2. The van der Waals surface area contributed by atoms with Crippen LogP contribution in [0.4, 0.5) is 4.79 Å². The molecule has 37 heavy (non-hydrogen) atoms. The summed E-state index contributed by atoms with van der Waals surface area (Å²) in [6, 6.07) is 24.0. The van der Waals surface area contributed by atoms with E-state index < -0.39 is 24.0 Å². The lowest BCUT2D eigenvalue weighted by Crippen LogP contribution is -2.45. The highest BCUT2D eigenvalue weighted by Crippen LogP contribution is 2.31. The molecule has 0 aliphatic carbocycles. The molecule has 1 aliphatic heterocycles. The number of hydrogen-bond donors (Lipinski definition) is 1. The molecule has 3 aromatic rings. The Balaban J connectivity index is 1.62. The predicted molar refractivity (Wildman–Crippen MR) is 136 cm³/mol. The van der Waals surface area contributed by atoms with E-state index in [1.807, 2.05) is 24.3 Å². The molecule has 8 heteroatoms. The van der Waals surface area contributed by atoms with Crippen molar-refractivity contribution in [2.45, 2.75) is 25.5 Å². The molecule has 8 nitrogen and oxygen atoms in total. The van der Waals surface area contributed by atoms with Gasteiger partial charge in [0.25, 0.3) is 0 Å². The summed E-state index contributed by atoms with van der Waals surface area (Å²) in [5, 5.41) is 21.3. The first-order chi connectivity index (χ1) is 18.0. The Bertz CT molecular complexity index is 1430. The Morgan fingerprint density at radius 1 is 0.946 bits per heavy atom. The Kier molecular flexibility index (Phi) is 7.92. The zero-order valence-electron chi connectivity index (χ0n) is 20.2. The number of esters is 1. The highest BCUT2D eigenvalue weighted by molar-refractivity contribution is 6.09. The summed E-state index contributed by atoms with van der Waals surface area (Å²) in [5.74, 6) is -0.738. The van der Waals surface area contributed by atoms with E-state index in [1.54, 1.807) is 55.6 Å². The monoisotopic (exact) mass is 492 g/mol. The smallest absolute Gasteiger partial charge is 0.341 e. The van der Waals surface area contributed by atoms with E-state index >= 15 is 0 Å². The second-order valence-corrected chi connectivity index (χ2v) is 8.52. The van der Waals surface area contributed by atoms with Crippen molar-refractivity contribution >= 4 is 17.7 Å². The lowest BCUT2D eigenvalue weighted by atomic mass is 9.85. The lowest BCUT2D eigenvalue weighted by Gasteiger charge is -2.31. The van der Waals surface area contributed by atoms with Crippen molar-refractivity contribution < 1.29 is 19.1 Å². The van der Waals surface area contributed by atoms with Crippen molar-refractivity contribution in [3.8, 4) is 17.9 Å². The van der Waals surface area contributed by atoms with Crippen molar-refractivity contribution in [2.75, 3.05) is 7.11 Å². The maximum absolute atomic E-state index is 13.5. The van der Waals surface area contributed by atoms with Gasteiger partial charge in [-0.15, -0.1) is 0 Å². The van der Waals surface area contributed by atoms with Crippen molar-refractivity contribution in [3.63, 3.8) is 0 Å². The molecule has 0 fully saturated rings. The van der Waals surface area contributed by atoms with Crippen molar-refractivity contribution in [2.24, 2.45) is 10.9 Å². The number of nitrogens with zero attached hydrogens (tertiary/aromatic N) is 3. The van der Waals surface area contributed by atoms with Gasteiger partial charge in [0.05, 0.1) is 36.4 Å². The van der Waals surface area contributed by atoms with Gasteiger partial charge in [-0.3, -0.25) is 4.79 Å². The van der Waals surface area contributed by atoms with E-state index in [2.05, 4.69) is 22.4 Å². The number of rotatable bonds is 8. The number of nitriles is 2. The van der Waals surface area contributed by atoms with Gasteiger partial charge in [0.15, 0.2) is 0 Å². The van der Waals surface area contributed by atoms with Gasteiger partial charge in [-0.05, 0) is 65.9 Å².